The number of carbonyl (C=O) groups is 7. The van der Waals surface area contributed by atoms with Gasteiger partial charge in [0.2, 0.25) is 35.4 Å². The van der Waals surface area contributed by atoms with Gasteiger partial charge in [0.1, 0.15) is 24.2 Å². The standard InChI is InChI=1S/C28H44N10O8/c1-15(2)23(38-26(45)19(36-20(39)13-29)11-16-7-4-3-5-8-16)27(46)37-17(9-6-10-33-28(31)32)25(44)34-14-21(40)35-18(24(30)43)12-22(41)42/h3-5,7-8,15,17-19,23H,6,9-14,29H2,1-2H3,(H2,30,43)(H,34,44)(H,35,40)(H,36,39)(H,37,46)(H,38,45)(H,41,42)(H4,31,32,33)/t17-,18-,19+,23-/m0/s1. The maximum absolute atomic E-state index is 13.4. The summed E-state index contributed by atoms with van der Waals surface area (Å²) in [5, 5.41) is 30.9. The van der Waals surface area contributed by atoms with Crippen molar-refractivity contribution in [2.75, 3.05) is 19.6 Å². The van der Waals surface area contributed by atoms with Crippen molar-refractivity contribution in [3.05, 3.63) is 35.9 Å². The second kappa shape index (κ2) is 19.9. The molecule has 0 bridgehead atoms. The van der Waals surface area contributed by atoms with Gasteiger partial charge in [-0.05, 0) is 24.3 Å². The lowest BCUT2D eigenvalue weighted by Gasteiger charge is -2.27. The Hall–Kier alpha value is -5.26. The Balaban J connectivity index is 3.05. The third-order valence-corrected chi connectivity index (χ3v) is 6.47. The maximum atomic E-state index is 13.4. The number of hydrogen-bond donors (Lipinski definition) is 11. The number of nitrogens with two attached hydrogens (primary N) is 3. The zero-order valence-corrected chi connectivity index (χ0v) is 25.8. The van der Waals surface area contributed by atoms with Crippen LogP contribution in [0, 0.1) is 11.3 Å². The third-order valence-electron chi connectivity index (χ3n) is 6.47. The summed E-state index contributed by atoms with van der Waals surface area (Å²) >= 11 is 0. The first-order chi connectivity index (χ1) is 21.6. The van der Waals surface area contributed by atoms with Gasteiger partial charge in [-0.1, -0.05) is 44.2 Å². The van der Waals surface area contributed by atoms with Crippen molar-refractivity contribution < 1.29 is 38.7 Å². The minimum atomic E-state index is -1.51. The molecule has 18 heteroatoms. The lowest BCUT2D eigenvalue weighted by atomic mass is 10.00. The van der Waals surface area contributed by atoms with Crippen molar-refractivity contribution >= 4 is 47.4 Å². The van der Waals surface area contributed by atoms with E-state index in [2.05, 4.69) is 31.9 Å². The van der Waals surface area contributed by atoms with Crippen molar-refractivity contribution in [2.45, 2.75) is 63.7 Å². The molecule has 18 nitrogen and oxygen atoms in total. The van der Waals surface area contributed by atoms with Gasteiger partial charge in [-0.3, -0.25) is 39.0 Å². The van der Waals surface area contributed by atoms with E-state index in [4.69, 9.17) is 27.7 Å². The van der Waals surface area contributed by atoms with Crippen LogP contribution in [0.4, 0.5) is 0 Å². The molecule has 0 spiro atoms. The second-order valence-corrected chi connectivity index (χ2v) is 10.6. The van der Waals surface area contributed by atoms with E-state index in [1.54, 1.807) is 44.2 Å². The van der Waals surface area contributed by atoms with Crippen LogP contribution in [0.5, 0.6) is 0 Å². The van der Waals surface area contributed by atoms with Crippen LogP contribution in [0.15, 0.2) is 30.3 Å². The average molecular weight is 649 g/mol. The Kier molecular flexibility index (Phi) is 16.8. The molecule has 1 aromatic carbocycles. The zero-order valence-electron chi connectivity index (χ0n) is 25.8. The van der Waals surface area contributed by atoms with Crippen LogP contribution in [-0.2, 0) is 40.0 Å². The summed E-state index contributed by atoms with van der Waals surface area (Å²) in [5.74, 6) is -6.91. The zero-order chi connectivity index (χ0) is 34.8. The first kappa shape index (κ1) is 38.8. The SMILES string of the molecule is CC(C)[C@H](NC(=O)[C@@H](Cc1ccccc1)NC(=O)CN)C(=O)N[C@@H](CCCNC(=N)N)C(=O)NCC(=O)N[C@@H](CC(=O)O)C(N)=O. The number of nitrogens with one attached hydrogen (secondary N) is 7. The molecule has 0 heterocycles. The van der Waals surface area contributed by atoms with Gasteiger partial charge in [-0.2, -0.15) is 0 Å². The summed E-state index contributed by atoms with van der Waals surface area (Å²) in [4.78, 5) is 86.5. The van der Waals surface area contributed by atoms with Crippen LogP contribution in [0.2, 0.25) is 0 Å². The van der Waals surface area contributed by atoms with Gasteiger partial charge in [0.05, 0.1) is 19.5 Å². The monoisotopic (exact) mass is 648 g/mol. The average Bonchev–Trinajstić information content (AvgIpc) is 2.99. The van der Waals surface area contributed by atoms with Gasteiger partial charge in [0.15, 0.2) is 5.96 Å². The molecule has 46 heavy (non-hydrogen) atoms. The summed E-state index contributed by atoms with van der Waals surface area (Å²) in [5.41, 5.74) is 16.6. The number of carboxylic acids is 1. The quantitative estimate of drug-likeness (QED) is 0.0369. The lowest BCUT2D eigenvalue weighted by Crippen LogP contribution is -2.59. The number of primary amides is 1. The van der Waals surface area contributed by atoms with Crippen molar-refractivity contribution in [1.82, 2.24) is 31.9 Å². The van der Waals surface area contributed by atoms with Crippen LogP contribution in [0.3, 0.4) is 0 Å². The van der Waals surface area contributed by atoms with Crippen LogP contribution < -0.4 is 49.1 Å². The highest BCUT2D eigenvalue weighted by molar-refractivity contribution is 5.96. The van der Waals surface area contributed by atoms with E-state index in [1.165, 1.54) is 0 Å². The number of rotatable bonds is 20. The highest BCUT2D eigenvalue weighted by atomic mass is 16.4. The summed E-state index contributed by atoms with van der Waals surface area (Å²) in [6.07, 6.45) is -0.384. The van der Waals surface area contributed by atoms with Gasteiger partial charge in [0.25, 0.3) is 0 Å². The van der Waals surface area contributed by atoms with Crippen molar-refractivity contribution in [2.24, 2.45) is 23.1 Å². The molecule has 6 amide bonds. The minimum Gasteiger partial charge on any atom is -0.481 e. The fourth-order valence-electron chi connectivity index (χ4n) is 4.09. The predicted molar refractivity (Wildman–Crippen MR) is 165 cm³/mol. The van der Waals surface area contributed by atoms with Crippen LogP contribution in [-0.4, -0.2) is 96.3 Å². The number of benzene rings is 1. The molecule has 0 saturated heterocycles. The van der Waals surface area contributed by atoms with Gasteiger partial charge >= 0.3 is 5.97 Å². The van der Waals surface area contributed by atoms with E-state index in [9.17, 15) is 33.6 Å². The topological polar surface area (TPSA) is 314 Å². The van der Waals surface area contributed by atoms with Crippen molar-refractivity contribution in [3.8, 4) is 0 Å². The van der Waals surface area contributed by atoms with Crippen molar-refractivity contribution in [3.63, 3.8) is 0 Å². The van der Waals surface area contributed by atoms with E-state index >= 15 is 0 Å². The molecule has 4 atom stereocenters. The number of guanidine groups is 1. The number of amides is 6. The molecule has 0 aliphatic heterocycles. The molecule has 0 unspecified atom stereocenters. The highest BCUT2D eigenvalue weighted by Crippen LogP contribution is 2.08. The smallest absolute Gasteiger partial charge is 0.305 e. The third kappa shape index (κ3) is 15.0. The van der Waals surface area contributed by atoms with Gasteiger partial charge < -0.3 is 54.2 Å². The molecule has 1 rings (SSSR count). The fraction of sp³-hybridized carbons (Fsp3) is 0.500. The molecule has 14 N–H and O–H groups in total. The predicted octanol–water partition coefficient (Wildman–Crippen LogP) is -3.88. The van der Waals surface area contributed by atoms with Crippen LogP contribution in [0.25, 0.3) is 0 Å². The molecule has 0 radical (unpaired) electrons. The molecule has 1 aromatic rings. The molecule has 0 aliphatic rings. The van der Waals surface area contributed by atoms with Gasteiger partial charge in [-0.15, -0.1) is 0 Å². The molecule has 254 valence electrons. The molecule has 0 aliphatic carbocycles. The Labute approximate surface area is 265 Å². The van der Waals surface area contributed by atoms with E-state index in [0.29, 0.717) is 0 Å². The Morgan fingerprint density at radius 1 is 0.804 bits per heavy atom. The summed E-state index contributed by atoms with van der Waals surface area (Å²) in [6.45, 7) is 2.47. The number of carboxylic acid groups (broad SMARTS) is 1. The molecular formula is C28H44N10O8. The van der Waals surface area contributed by atoms with Crippen LogP contribution in [0.1, 0.15) is 38.7 Å². The molecule has 0 aromatic heterocycles. The lowest BCUT2D eigenvalue weighted by molar-refractivity contribution is -0.140. The van der Waals surface area contributed by atoms with E-state index < -0.39 is 84.5 Å². The van der Waals surface area contributed by atoms with Crippen molar-refractivity contribution in [1.29, 1.82) is 5.41 Å². The highest BCUT2D eigenvalue weighted by Gasteiger charge is 2.31. The number of carbonyl (C=O) groups excluding carboxylic acids is 6. The summed E-state index contributed by atoms with van der Waals surface area (Å²) in [6, 6.07) is 3.93. The number of aliphatic carboxylic acids is 1. The molecule has 0 saturated carbocycles. The normalized spacial score (nSPS) is 13.2. The Morgan fingerprint density at radius 3 is 1.98 bits per heavy atom. The molecule has 0 fully saturated rings. The largest absolute Gasteiger partial charge is 0.481 e. The maximum Gasteiger partial charge on any atom is 0.305 e. The Bertz CT molecular complexity index is 1240. The van der Waals surface area contributed by atoms with Crippen LogP contribution >= 0.6 is 0 Å². The summed E-state index contributed by atoms with van der Waals surface area (Å²) in [7, 11) is 0. The minimum absolute atomic E-state index is 0.0182. The second-order valence-electron chi connectivity index (χ2n) is 10.6. The first-order valence-corrected chi connectivity index (χ1v) is 14.4. The number of hydrogen-bond acceptors (Lipinski definition) is 9. The van der Waals surface area contributed by atoms with E-state index in [-0.39, 0.29) is 38.3 Å². The first-order valence-electron chi connectivity index (χ1n) is 14.4. The van der Waals surface area contributed by atoms with Gasteiger partial charge in [-0.25, -0.2) is 0 Å². The molecular weight excluding hydrogens is 604 g/mol. The summed E-state index contributed by atoms with van der Waals surface area (Å²) < 4.78 is 0. The van der Waals surface area contributed by atoms with Gasteiger partial charge in [0, 0.05) is 13.0 Å². The van der Waals surface area contributed by atoms with E-state index in [0.717, 1.165) is 5.56 Å². The Morgan fingerprint density at radius 2 is 1.43 bits per heavy atom. The fourth-order valence-corrected chi connectivity index (χ4v) is 4.09. The van der Waals surface area contributed by atoms with E-state index in [1.807, 2.05) is 0 Å².